The second kappa shape index (κ2) is 5.10. The lowest BCUT2D eigenvalue weighted by Crippen LogP contribution is -2.44. The third-order valence-electron chi connectivity index (χ3n) is 3.40. The molecule has 0 amide bonds. The molecule has 1 saturated heterocycles. The fraction of sp³-hybridized carbons (Fsp3) is 1.00. The van der Waals surface area contributed by atoms with Crippen molar-refractivity contribution < 1.29 is 5.11 Å². The van der Waals surface area contributed by atoms with Gasteiger partial charge in [0.25, 0.3) is 0 Å². The Morgan fingerprint density at radius 1 is 1.21 bits per heavy atom. The first-order valence-corrected chi connectivity index (χ1v) is 5.98. The Kier molecular flexibility index (Phi) is 3.79. The number of nitrogens with one attached hydrogen (secondary N) is 1. The van der Waals surface area contributed by atoms with Crippen molar-refractivity contribution >= 4 is 0 Å². The quantitative estimate of drug-likeness (QED) is 0.635. The Hall–Kier alpha value is -0.120. The van der Waals surface area contributed by atoms with Crippen LogP contribution in [-0.4, -0.2) is 48.3 Å². The van der Waals surface area contributed by atoms with Gasteiger partial charge in [-0.05, 0) is 58.3 Å². The molecule has 0 spiro atoms. The van der Waals surface area contributed by atoms with Crippen LogP contribution in [0.15, 0.2) is 0 Å². The molecule has 0 aromatic heterocycles. The minimum Gasteiger partial charge on any atom is -0.393 e. The summed E-state index contributed by atoms with van der Waals surface area (Å²) in [5.41, 5.74) is 0. The van der Waals surface area contributed by atoms with Crippen molar-refractivity contribution in [1.82, 2.24) is 10.2 Å². The average molecular weight is 198 g/mol. The number of aliphatic hydroxyl groups is 1. The van der Waals surface area contributed by atoms with Gasteiger partial charge in [0.1, 0.15) is 0 Å². The molecule has 2 aliphatic rings. The van der Waals surface area contributed by atoms with Crippen LogP contribution in [0.3, 0.4) is 0 Å². The van der Waals surface area contributed by atoms with E-state index in [9.17, 15) is 0 Å². The number of rotatable bonds is 5. The predicted octanol–water partition coefficient (Wildman–Crippen LogP) is 0.585. The first kappa shape index (κ1) is 10.4. The standard InChI is InChI=1S/C11H22N2O/c14-11-8-10(9-11)12-4-3-7-13-5-1-2-6-13/h10-12,14H,1-9H2. The van der Waals surface area contributed by atoms with Crippen molar-refractivity contribution in [3.05, 3.63) is 0 Å². The van der Waals surface area contributed by atoms with Crippen molar-refractivity contribution in [3.63, 3.8) is 0 Å². The summed E-state index contributed by atoms with van der Waals surface area (Å²) < 4.78 is 0. The topological polar surface area (TPSA) is 35.5 Å². The SMILES string of the molecule is OC1CC(NCCCN2CCCC2)C1. The van der Waals surface area contributed by atoms with Gasteiger partial charge < -0.3 is 15.3 Å². The van der Waals surface area contributed by atoms with E-state index < -0.39 is 0 Å². The number of hydrogen-bond acceptors (Lipinski definition) is 3. The molecule has 2 N–H and O–H groups in total. The summed E-state index contributed by atoms with van der Waals surface area (Å²) >= 11 is 0. The van der Waals surface area contributed by atoms with E-state index in [0.717, 1.165) is 19.4 Å². The van der Waals surface area contributed by atoms with E-state index in [2.05, 4.69) is 10.2 Å². The summed E-state index contributed by atoms with van der Waals surface area (Å²) in [5.74, 6) is 0. The number of likely N-dealkylation sites (tertiary alicyclic amines) is 1. The van der Waals surface area contributed by atoms with Crippen LogP contribution in [0.25, 0.3) is 0 Å². The molecule has 2 rings (SSSR count). The van der Waals surface area contributed by atoms with E-state index in [-0.39, 0.29) is 6.10 Å². The van der Waals surface area contributed by atoms with E-state index >= 15 is 0 Å². The summed E-state index contributed by atoms with van der Waals surface area (Å²) in [6.07, 6.45) is 5.94. The lowest BCUT2D eigenvalue weighted by molar-refractivity contribution is 0.0624. The molecule has 1 heterocycles. The summed E-state index contributed by atoms with van der Waals surface area (Å²) in [4.78, 5) is 2.55. The molecule has 0 unspecified atom stereocenters. The predicted molar refractivity (Wildman–Crippen MR) is 57.3 cm³/mol. The summed E-state index contributed by atoms with van der Waals surface area (Å²) in [6.45, 7) is 4.99. The molecular weight excluding hydrogens is 176 g/mol. The molecule has 1 aliphatic heterocycles. The first-order chi connectivity index (χ1) is 6.84. The maximum absolute atomic E-state index is 9.10. The zero-order valence-electron chi connectivity index (χ0n) is 8.91. The molecule has 0 aromatic rings. The van der Waals surface area contributed by atoms with E-state index in [1.165, 1.54) is 38.9 Å². The fourth-order valence-electron chi connectivity index (χ4n) is 2.37. The van der Waals surface area contributed by atoms with Crippen LogP contribution in [-0.2, 0) is 0 Å². The highest BCUT2D eigenvalue weighted by molar-refractivity contribution is 4.84. The molecule has 0 radical (unpaired) electrons. The van der Waals surface area contributed by atoms with Crippen LogP contribution in [0, 0.1) is 0 Å². The maximum Gasteiger partial charge on any atom is 0.0570 e. The molecule has 0 aromatic carbocycles. The van der Waals surface area contributed by atoms with Gasteiger partial charge in [-0.1, -0.05) is 0 Å². The summed E-state index contributed by atoms with van der Waals surface area (Å²) in [5, 5.41) is 12.6. The molecule has 2 fully saturated rings. The second-order valence-electron chi connectivity index (χ2n) is 4.68. The summed E-state index contributed by atoms with van der Waals surface area (Å²) in [7, 11) is 0. The van der Waals surface area contributed by atoms with Crippen molar-refractivity contribution in [1.29, 1.82) is 0 Å². The van der Waals surface area contributed by atoms with Crippen molar-refractivity contribution in [2.24, 2.45) is 0 Å². The van der Waals surface area contributed by atoms with Gasteiger partial charge in [-0.25, -0.2) is 0 Å². The van der Waals surface area contributed by atoms with E-state index in [0.29, 0.717) is 6.04 Å². The highest BCUT2D eigenvalue weighted by atomic mass is 16.3. The van der Waals surface area contributed by atoms with Crippen LogP contribution in [0.2, 0.25) is 0 Å². The van der Waals surface area contributed by atoms with Crippen molar-refractivity contribution in [2.45, 2.75) is 44.2 Å². The fourth-order valence-corrected chi connectivity index (χ4v) is 2.37. The third-order valence-corrected chi connectivity index (χ3v) is 3.40. The van der Waals surface area contributed by atoms with Gasteiger partial charge in [0.2, 0.25) is 0 Å². The second-order valence-corrected chi connectivity index (χ2v) is 4.68. The first-order valence-electron chi connectivity index (χ1n) is 5.98. The van der Waals surface area contributed by atoms with Gasteiger partial charge in [0.05, 0.1) is 6.10 Å². The van der Waals surface area contributed by atoms with E-state index in [1.54, 1.807) is 0 Å². The van der Waals surface area contributed by atoms with Gasteiger partial charge in [-0.15, -0.1) is 0 Å². The number of nitrogens with zero attached hydrogens (tertiary/aromatic N) is 1. The average Bonchev–Trinajstić information content (AvgIpc) is 2.61. The zero-order valence-corrected chi connectivity index (χ0v) is 8.91. The molecular formula is C11H22N2O. The molecule has 3 heteroatoms. The monoisotopic (exact) mass is 198 g/mol. The van der Waals surface area contributed by atoms with Crippen molar-refractivity contribution in [2.75, 3.05) is 26.2 Å². The van der Waals surface area contributed by atoms with Crippen LogP contribution < -0.4 is 5.32 Å². The Morgan fingerprint density at radius 3 is 2.57 bits per heavy atom. The lowest BCUT2D eigenvalue weighted by Gasteiger charge is -2.32. The third kappa shape index (κ3) is 2.94. The maximum atomic E-state index is 9.10. The smallest absolute Gasteiger partial charge is 0.0570 e. The Morgan fingerprint density at radius 2 is 1.93 bits per heavy atom. The number of hydrogen-bond donors (Lipinski definition) is 2. The van der Waals surface area contributed by atoms with E-state index in [4.69, 9.17) is 5.11 Å². The van der Waals surface area contributed by atoms with Crippen LogP contribution in [0.5, 0.6) is 0 Å². The van der Waals surface area contributed by atoms with Gasteiger partial charge in [0.15, 0.2) is 0 Å². The van der Waals surface area contributed by atoms with E-state index in [1.807, 2.05) is 0 Å². The molecule has 1 aliphatic carbocycles. The van der Waals surface area contributed by atoms with Crippen molar-refractivity contribution in [3.8, 4) is 0 Å². The zero-order chi connectivity index (χ0) is 9.80. The lowest BCUT2D eigenvalue weighted by atomic mass is 9.89. The molecule has 0 atom stereocenters. The highest BCUT2D eigenvalue weighted by Crippen LogP contribution is 2.19. The molecule has 0 bridgehead atoms. The highest BCUT2D eigenvalue weighted by Gasteiger charge is 2.26. The molecule has 14 heavy (non-hydrogen) atoms. The molecule has 82 valence electrons. The largest absolute Gasteiger partial charge is 0.393 e. The Balaban J connectivity index is 1.43. The van der Waals surface area contributed by atoms with Crippen LogP contribution in [0.4, 0.5) is 0 Å². The minimum absolute atomic E-state index is 0.0221. The Bertz CT molecular complexity index is 163. The molecule has 1 saturated carbocycles. The molecule has 3 nitrogen and oxygen atoms in total. The van der Waals surface area contributed by atoms with Crippen LogP contribution >= 0.6 is 0 Å². The number of aliphatic hydroxyl groups excluding tert-OH is 1. The van der Waals surface area contributed by atoms with Gasteiger partial charge in [-0.3, -0.25) is 0 Å². The van der Waals surface area contributed by atoms with Crippen LogP contribution in [0.1, 0.15) is 32.1 Å². The Labute approximate surface area is 86.5 Å². The van der Waals surface area contributed by atoms with Gasteiger partial charge in [0, 0.05) is 6.04 Å². The normalized spacial score (nSPS) is 33.2. The van der Waals surface area contributed by atoms with Gasteiger partial charge in [-0.2, -0.15) is 0 Å². The minimum atomic E-state index is -0.0221. The summed E-state index contributed by atoms with van der Waals surface area (Å²) in [6, 6.07) is 0.601. The van der Waals surface area contributed by atoms with Gasteiger partial charge >= 0.3 is 0 Å².